The van der Waals surface area contributed by atoms with E-state index in [0.29, 0.717) is 0 Å². The lowest BCUT2D eigenvalue weighted by Crippen LogP contribution is -2.07. The second kappa shape index (κ2) is 3.71. The summed E-state index contributed by atoms with van der Waals surface area (Å²) in [4.78, 5) is 4.23. The van der Waals surface area contributed by atoms with Gasteiger partial charge in [-0.1, -0.05) is 18.2 Å². The van der Waals surface area contributed by atoms with Crippen molar-refractivity contribution in [1.29, 1.82) is 0 Å². The molecule has 0 bridgehead atoms. The first-order valence-electron chi connectivity index (χ1n) is 4.63. The van der Waals surface area contributed by atoms with Crippen LogP contribution in [-0.4, -0.2) is 24.5 Å². The Morgan fingerprint density at radius 2 is 2.31 bits per heavy atom. The van der Waals surface area contributed by atoms with E-state index in [0.717, 1.165) is 19.4 Å². The molecule has 0 unspecified atom stereocenters. The van der Waals surface area contributed by atoms with Gasteiger partial charge in [0.25, 0.3) is 0 Å². The van der Waals surface area contributed by atoms with Crippen molar-refractivity contribution in [2.24, 2.45) is 4.99 Å². The van der Waals surface area contributed by atoms with Crippen molar-refractivity contribution in [2.45, 2.75) is 12.8 Å². The molecule has 2 nitrogen and oxygen atoms in total. The van der Waals surface area contributed by atoms with Crippen LogP contribution >= 0.6 is 0 Å². The molecular weight excluding hydrogens is 162 g/mol. The van der Waals surface area contributed by atoms with Gasteiger partial charge in [-0.2, -0.15) is 0 Å². The zero-order valence-electron chi connectivity index (χ0n) is 7.53. The van der Waals surface area contributed by atoms with Crippen LogP contribution in [0.5, 0.6) is 0 Å². The van der Waals surface area contributed by atoms with Crippen molar-refractivity contribution in [2.75, 3.05) is 13.2 Å². The lowest BCUT2D eigenvalue weighted by molar-refractivity contribution is 0.299. The number of hydrogen-bond donors (Lipinski definition) is 1. The molecule has 1 aliphatic heterocycles. The number of aliphatic imine (C=N–C) groups is 1. The molecule has 0 aromatic heterocycles. The molecule has 0 aliphatic carbocycles. The first-order valence-corrected chi connectivity index (χ1v) is 4.63. The molecule has 68 valence electrons. The Bertz CT molecular complexity index is 331. The largest absolute Gasteiger partial charge is 0.396 e. The van der Waals surface area contributed by atoms with Gasteiger partial charge in [-0.15, -0.1) is 0 Å². The van der Waals surface area contributed by atoms with E-state index in [1.54, 1.807) is 0 Å². The first-order chi connectivity index (χ1) is 6.42. The highest BCUT2D eigenvalue weighted by atomic mass is 16.2. The molecule has 0 radical (unpaired) electrons. The Balaban J connectivity index is 2.41. The fourth-order valence-corrected chi connectivity index (χ4v) is 1.77. The van der Waals surface area contributed by atoms with Crippen LogP contribution in [0.15, 0.2) is 23.2 Å². The van der Waals surface area contributed by atoms with Crippen molar-refractivity contribution >= 4 is 6.21 Å². The van der Waals surface area contributed by atoms with E-state index in [2.05, 4.69) is 17.1 Å². The first kappa shape index (κ1) is 8.45. The summed E-state index contributed by atoms with van der Waals surface area (Å²) >= 11 is 0. The molecule has 0 atom stereocenters. The Morgan fingerprint density at radius 1 is 1.38 bits per heavy atom. The predicted molar refractivity (Wildman–Crippen MR) is 53.4 cm³/mol. The highest BCUT2D eigenvalue weighted by molar-refractivity contribution is 5.83. The topological polar surface area (TPSA) is 32.6 Å². The van der Waals surface area contributed by atoms with Crippen LogP contribution in [0.25, 0.3) is 0 Å². The molecule has 2 rings (SSSR count). The van der Waals surface area contributed by atoms with Crippen molar-refractivity contribution < 1.29 is 5.11 Å². The van der Waals surface area contributed by atoms with E-state index in [1.807, 2.05) is 12.3 Å². The zero-order valence-corrected chi connectivity index (χ0v) is 7.53. The van der Waals surface area contributed by atoms with Crippen LogP contribution in [0.2, 0.25) is 0 Å². The number of aliphatic hydroxyl groups excluding tert-OH is 1. The van der Waals surface area contributed by atoms with Crippen molar-refractivity contribution in [1.82, 2.24) is 0 Å². The average Bonchev–Trinajstić information content (AvgIpc) is 2.19. The molecule has 1 aromatic carbocycles. The number of hydrogen-bond acceptors (Lipinski definition) is 2. The highest BCUT2D eigenvalue weighted by Crippen LogP contribution is 2.17. The van der Waals surface area contributed by atoms with E-state index < -0.39 is 0 Å². The molecule has 1 N–H and O–H groups in total. The zero-order chi connectivity index (χ0) is 9.10. The minimum absolute atomic E-state index is 0.230. The van der Waals surface area contributed by atoms with Crippen molar-refractivity contribution in [3.05, 3.63) is 34.9 Å². The second-order valence-corrected chi connectivity index (χ2v) is 3.24. The van der Waals surface area contributed by atoms with Gasteiger partial charge < -0.3 is 5.11 Å². The Hall–Kier alpha value is -1.15. The van der Waals surface area contributed by atoms with E-state index in [4.69, 9.17) is 5.11 Å². The summed E-state index contributed by atoms with van der Waals surface area (Å²) in [7, 11) is 0. The molecule has 0 fully saturated rings. The van der Waals surface area contributed by atoms with Gasteiger partial charge in [0.1, 0.15) is 0 Å². The molecule has 0 amide bonds. The average molecular weight is 175 g/mol. The van der Waals surface area contributed by atoms with Crippen LogP contribution in [0, 0.1) is 0 Å². The molecule has 13 heavy (non-hydrogen) atoms. The van der Waals surface area contributed by atoms with Crippen LogP contribution in [0.3, 0.4) is 0 Å². The van der Waals surface area contributed by atoms with Gasteiger partial charge in [0.2, 0.25) is 0 Å². The minimum Gasteiger partial charge on any atom is -0.396 e. The lowest BCUT2D eigenvalue weighted by Gasteiger charge is -2.13. The number of rotatable bonds is 2. The maximum atomic E-state index is 8.89. The van der Waals surface area contributed by atoms with Crippen molar-refractivity contribution in [3.63, 3.8) is 0 Å². The van der Waals surface area contributed by atoms with Crippen LogP contribution < -0.4 is 0 Å². The summed E-state index contributed by atoms with van der Waals surface area (Å²) in [6, 6.07) is 6.20. The quantitative estimate of drug-likeness (QED) is 0.719. The molecule has 2 heteroatoms. The van der Waals surface area contributed by atoms with Crippen LogP contribution in [0.1, 0.15) is 16.7 Å². The van der Waals surface area contributed by atoms with Crippen molar-refractivity contribution in [3.8, 4) is 0 Å². The summed E-state index contributed by atoms with van der Waals surface area (Å²) in [5, 5.41) is 8.89. The molecule has 1 heterocycles. The highest BCUT2D eigenvalue weighted by Gasteiger charge is 2.08. The van der Waals surface area contributed by atoms with E-state index in [1.165, 1.54) is 16.7 Å². The molecule has 1 aromatic rings. The summed E-state index contributed by atoms with van der Waals surface area (Å²) < 4.78 is 0. The fourth-order valence-electron chi connectivity index (χ4n) is 1.77. The molecule has 0 saturated carbocycles. The third-order valence-electron chi connectivity index (χ3n) is 2.41. The maximum absolute atomic E-state index is 8.89. The molecular formula is C11H13NO. The summed E-state index contributed by atoms with van der Waals surface area (Å²) in [5.41, 5.74) is 3.86. The van der Waals surface area contributed by atoms with Gasteiger partial charge >= 0.3 is 0 Å². The normalized spacial score (nSPS) is 14.2. The fraction of sp³-hybridized carbons (Fsp3) is 0.364. The van der Waals surface area contributed by atoms with Gasteiger partial charge in [-0.25, -0.2) is 0 Å². The van der Waals surface area contributed by atoms with E-state index >= 15 is 0 Å². The van der Waals surface area contributed by atoms with Gasteiger partial charge in [-0.3, -0.25) is 4.99 Å². The SMILES string of the molecule is OCCc1cccc2c1CCN=C2. The third-order valence-corrected chi connectivity index (χ3v) is 2.41. The molecule has 0 saturated heterocycles. The predicted octanol–water partition coefficient (Wildman–Crippen LogP) is 1.20. The summed E-state index contributed by atoms with van der Waals surface area (Å²) in [6.07, 6.45) is 3.71. The Morgan fingerprint density at radius 3 is 3.15 bits per heavy atom. The summed E-state index contributed by atoms with van der Waals surface area (Å²) in [6.45, 7) is 1.11. The van der Waals surface area contributed by atoms with Gasteiger partial charge in [0.05, 0.1) is 0 Å². The second-order valence-electron chi connectivity index (χ2n) is 3.24. The lowest BCUT2D eigenvalue weighted by atomic mass is 9.95. The number of benzene rings is 1. The van der Waals surface area contributed by atoms with E-state index in [9.17, 15) is 0 Å². The van der Waals surface area contributed by atoms with Gasteiger partial charge in [-0.05, 0) is 29.5 Å². The Kier molecular flexibility index (Phi) is 2.41. The number of fused-ring (bicyclic) bond motifs is 1. The third kappa shape index (κ3) is 1.63. The van der Waals surface area contributed by atoms with Gasteiger partial charge in [0.15, 0.2) is 0 Å². The smallest absolute Gasteiger partial charge is 0.0471 e. The minimum atomic E-state index is 0.230. The van der Waals surface area contributed by atoms with Crippen LogP contribution in [-0.2, 0) is 12.8 Å². The standard InChI is InChI=1S/C11H13NO/c13-7-5-9-2-1-3-10-8-12-6-4-11(9)10/h1-3,8,13H,4-7H2. The number of aliphatic hydroxyl groups is 1. The number of nitrogens with zero attached hydrogens (tertiary/aromatic N) is 1. The van der Waals surface area contributed by atoms with Gasteiger partial charge in [0, 0.05) is 19.4 Å². The monoisotopic (exact) mass is 175 g/mol. The molecule has 0 spiro atoms. The van der Waals surface area contributed by atoms with E-state index in [-0.39, 0.29) is 6.61 Å². The van der Waals surface area contributed by atoms with Crippen LogP contribution in [0.4, 0.5) is 0 Å². The maximum Gasteiger partial charge on any atom is 0.0471 e. The molecule has 1 aliphatic rings. The Labute approximate surface area is 77.9 Å². The summed E-state index contributed by atoms with van der Waals surface area (Å²) in [5.74, 6) is 0.